The summed E-state index contributed by atoms with van der Waals surface area (Å²) in [7, 11) is 0. The van der Waals surface area contributed by atoms with Gasteiger partial charge in [0.25, 0.3) is 0 Å². The van der Waals surface area contributed by atoms with Crippen molar-refractivity contribution in [3.8, 4) is 11.3 Å². The van der Waals surface area contributed by atoms with Gasteiger partial charge in [-0.15, -0.1) is 0 Å². The fourth-order valence-corrected chi connectivity index (χ4v) is 1.40. The Labute approximate surface area is 92.6 Å². The number of nitrogens with one attached hydrogen (secondary N) is 1. The molecule has 0 atom stereocenters. The Kier molecular flexibility index (Phi) is 2.82. The highest BCUT2D eigenvalue weighted by Crippen LogP contribution is 2.19. The van der Waals surface area contributed by atoms with Gasteiger partial charge in [0.1, 0.15) is 0 Å². The first-order valence-electron chi connectivity index (χ1n) is 4.77. The van der Waals surface area contributed by atoms with Gasteiger partial charge in [-0.1, -0.05) is 30.3 Å². The smallest absolute Gasteiger partial charge is 0.409 e. The van der Waals surface area contributed by atoms with Crippen molar-refractivity contribution in [1.29, 1.82) is 0 Å². The number of amides is 1. The molecule has 0 radical (unpaired) electrons. The summed E-state index contributed by atoms with van der Waals surface area (Å²) in [5.74, 6) is 0. The molecule has 0 aliphatic rings. The maximum Gasteiger partial charge on any atom is 0.409 e. The molecule has 0 aliphatic carbocycles. The average Bonchev–Trinajstić information content (AvgIpc) is 2.30. The summed E-state index contributed by atoms with van der Waals surface area (Å²) in [6.07, 6.45) is 0.498. The molecule has 4 nitrogen and oxygen atoms in total. The third kappa shape index (κ3) is 2.36. The quantitative estimate of drug-likeness (QED) is 0.807. The Hall–Kier alpha value is -2.36. The third-order valence-electron chi connectivity index (χ3n) is 2.08. The van der Waals surface area contributed by atoms with Crippen LogP contribution in [0.3, 0.4) is 0 Å². The Balaban J connectivity index is 2.33. The van der Waals surface area contributed by atoms with E-state index in [9.17, 15) is 4.79 Å². The van der Waals surface area contributed by atoms with Crippen LogP contribution in [0.25, 0.3) is 11.3 Å². The zero-order chi connectivity index (χ0) is 11.4. The van der Waals surface area contributed by atoms with Crippen LogP contribution in [-0.4, -0.2) is 16.2 Å². The molecule has 1 aromatic carbocycles. The van der Waals surface area contributed by atoms with Crippen LogP contribution < -0.4 is 5.32 Å². The van der Waals surface area contributed by atoms with Crippen molar-refractivity contribution < 1.29 is 9.90 Å². The topological polar surface area (TPSA) is 62.2 Å². The van der Waals surface area contributed by atoms with Crippen molar-refractivity contribution in [2.24, 2.45) is 0 Å². The van der Waals surface area contributed by atoms with Crippen LogP contribution in [0, 0.1) is 0 Å². The van der Waals surface area contributed by atoms with Crippen LogP contribution >= 0.6 is 0 Å². The Morgan fingerprint density at radius 3 is 2.62 bits per heavy atom. The maximum atomic E-state index is 10.5. The average molecular weight is 214 g/mol. The van der Waals surface area contributed by atoms with Crippen molar-refractivity contribution in [1.82, 2.24) is 4.98 Å². The SMILES string of the molecule is O=C(O)Nc1ccnc(-c2ccccc2)c1. The van der Waals surface area contributed by atoms with E-state index in [1.807, 2.05) is 30.3 Å². The van der Waals surface area contributed by atoms with E-state index in [0.717, 1.165) is 11.3 Å². The maximum absolute atomic E-state index is 10.5. The van der Waals surface area contributed by atoms with Gasteiger partial charge in [-0.3, -0.25) is 10.3 Å². The van der Waals surface area contributed by atoms with E-state index in [-0.39, 0.29) is 0 Å². The molecule has 1 heterocycles. The van der Waals surface area contributed by atoms with Crippen LogP contribution in [0.15, 0.2) is 48.7 Å². The highest BCUT2D eigenvalue weighted by atomic mass is 16.4. The van der Waals surface area contributed by atoms with Gasteiger partial charge in [-0.25, -0.2) is 4.79 Å². The van der Waals surface area contributed by atoms with Crippen molar-refractivity contribution >= 4 is 11.8 Å². The van der Waals surface area contributed by atoms with Crippen molar-refractivity contribution in [3.63, 3.8) is 0 Å². The summed E-state index contributed by atoms with van der Waals surface area (Å²) in [6, 6.07) is 12.9. The first-order valence-corrected chi connectivity index (χ1v) is 4.77. The normalized spacial score (nSPS) is 9.75. The second kappa shape index (κ2) is 4.44. The largest absolute Gasteiger partial charge is 0.465 e. The molecule has 2 N–H and O–H groups in total. The second-order valence-electron chi connectivity index (χ2n) is 3.23. The zero-order valence-corrected chi connectivity index (χ0v) is 8.42. The number of anilines is 1. The number of rotatable bonds is 2. The molecule has 0 spiro atoms. The highest BCUT2D eigenvalue weighted by Gasteiger charge is 2.01. The van der Waals surface area contributed by atoms with Crippen molar-refractivity contribution in [3.05, 3.63) is 48.7 Å². The van der Waals surface area contributed by atoms with Crippen LogP contribution in [0.2, 0.25) is 0 Å². The molecule has 0 aliphatic heterocycles. The lowest BCUT2D eigenvalue weighted by molar-refractivity contribution is 0.210. The number of aromatic nitrogens is 1. The minimum atomic E-state index is -1.08. The molecule has 0 fully saturated rings. The van der Waals surface area contributed by atoms with Crippen LogP contribution in [0.5, 0.6) is 0 Å². The lowest BCUT2D eigenvalue weighted by atomic mass is 10.1. The fourth-order valence-electron chi connectivity index (χ4n) is 1.40. The zero-order valence-electron chi connectivity index (χ0n) is 8.42. The first-order chi connectivity index (χ1) is 7.75. The van der Waals surface area contributed by atoms with Crippen LogP contribution in [-0.2, 0) is 0 Å². The molecule has 0 unspecified atom stereocenters. The lowest BCUT2D eigenvalue weighted by Crippen LogP contribution is -2.07. The standard InChI is InChI=1S/C12H10N2O2/c15-12(16)14-10-6-7-13-11(8-10)9-4-2-1-3-5-9/h1-8H,(H,13,14)(H,15,16). The monoisotopic (exact) mass is 214 g/mol. The molecule has 1 aromatic heterocycles. The number of hydrogen-bond donors (Lipinski definition) is 2. The minimum absolute atomic E-state index is 0.515. The van der Waals surface area contributed by atoms with Gasteiger partial charge in [-0.2, -0.15) is 0 Å². The van der Waals surface area contributed by atoms with E-state index < -0.39 is 6.09 Å². The van der Waals surface area contributed by atoms with Crippen molar-refractivity contribution in [2.75, 3.05) is 5.32 Å². The van der Waals surface area contributed by atoms with Gasteiger partial charge in [0.2, 0.25) is 0 Å². The van der Waals surface area contributed by atoms with Gasteiger partial charge >= 0.3 is 6.09 Å². The van der Waals surface area contributed by atoms with E-state index in [2.05, 4.69) is 10.3 Å². The Morgan fingerprint density at radius 2 is 1.94 bits per heavy atom. The van der Waals surface area contributed by atoms with Crippen LogP contribution in [0.4, 0.5) is 10.5 Å². The molecule has 80 valence electrons. The summed E-state index contributed by atoms with van der Waals surface area (Å²) >= 11 is 0. The number of carboxylic acid groups (broad SMARTS) is 1. The van der Waals surface area contributed by atoms with E-state index in [1.165, 1.54) is 0 Å². The van der Waals surface area contributed by atoms with E-state index in [0.29, 0.717) is 5.69 Å². The molecule has 0 bridgehead atoms. The van der Waals surface area contributed by atoms with Crippen LogP contribution in [0.1, 0.15) is 0 Å². The fraction of sp³-hybridized carbons (Fsp3) is 0. The summed E-state index contributed by atoms with van der Waals surface area (Å²) in [5.41, 5.74) is 2.21. The molecular formula is C12H10N2O2. The van der Waals surface area contributed by atoms with Gasteiger partial charge in [-0.05, 0) is 12.1 Å². The number of carbonyl (C=O) groups is 1. The predicted molar refractivity (Wildman–Crippen MR) is 61.3 cm³/mol. The number of nitrogens with zero attached hydrogens (tertiary/aromatic N) is 1. The molecule has 2 rings (SSSR count). The summed E-state index contributed by atoms with van der Waals surface area (Å²) < 4.78 is 0. The van der Waals surface area contributed by atoms with E-state index in [4.69, 9.17) is 5.11 Å². The third-order valence-corrected chi connectivity index (χ3v) is 2.08. The Bertz CT molecular complexity index is 497. The molecule has 0 saturated heterocycles. The lowest BCUT2D eigenvalue weighted by Gasteiger charge is -2.03. The number of hydrogen-bond acceptors (Lipinski definition) is 2. The summed E-state index contributed by atoms with van der Waals surface area (Å²) in [4.78, 5) is 14.7. The molecule has 1 amide bonds. The minimum Gasteiger partial charge on any atom is -0.465 e. The molecule has 4 heteroatoms. The highest BCUT2D eigenvalue weighted by molar-refractivity contribution is 5.83. The summed E-state index contributed by atoms with van der Waals surface area (Å²) in [5, 5.41) is 10.9. The number of pyridine rings is 1. The predicted octanol–water partition coefficient (Wildman–Crippen LogP) is 2.84. The first kappa shape index (κ1) is 10.2. The van der Waals surface area contributed by atoms with E-state index >= 15 is 0 Å². The molecule has 0 saturated carbocycles. The molecule has 2 aromatic rings. The van der Waals surface area contributed by atoms with Gasteiger partial charge < -0.3 is 5.11 Å². The van der Waals surface area contributed by atoms with E-state index in [1.54, 1.807) is 18.3 Å². The van der Waals surface area contributed by atoms with Gasteiger partial charge in [0, 0.05) is 17.4 Å². The number of benzene rings is 1. The summed E-state index contributed by atoms with van der Waals surface area (Å²) in [6.45, 7) is 0. The van der Waals surface area contributed by atoms with Crippen molar-refractivity contribution in [2.45, 2.75) is 0 Å². The second-order valence-corrected chi connectivity index (χ2v) is 3.23. The van der Waals surface area contributed by atoms with Gasteiger partial charge in [0.15, 0.2) is 0 Å². The molecular weight excluding hydrogens is 204 g/mol. The van der Waals surface area contributed by atoms with Gasteiger partial charge in [0.05, 0.1) is 5.69 Å². The molecule has 16 heavy (non-hydrogen) atoms. The Morgan fingerprint density at radius 1 is 1.19 bits per heavy atom.